The lowest BCUT2D eigenvalue weighted by Gasteiger charge is -2.29. The first-order chi connectivity index (χ1) is 15.1. The molecule has 1 rings (SSSR count). The van der Waals surface area contributed by atoms with Gasteiger partial charge in [-0.1, -0.05) is 82.9 Å². The number of unbranched alkanes of at least 4 members (excludes halogenated alkanes) is 9. The maximum atomic E-state index is 11.1. The molecule has 31 heavy (non-hydrogen) atoms. The van der Waals surface area contributed by atoms with E-state index in [1.54, 1.807) is 11.7 Å². The molecule has 0 saturated carbocycles. The predicted octanol–water partition coefficient (Wildman–Crippen LogP) is 6.07. The van der Waals surface area contributed by atoms with Gasteiger partial charge in [-0.15, -0.1) is 0 Å². The molecule has 0 aromatic carbocycles. The van der Waals surface area contributed by atoms with E-state index in [4.69, 9.17) is 9.47 Å². The molecule has 0 aromatic heterocycles. The summed E-state index contributed by atoms with van der Waals surface area (Å²) >= 11 is 1.42. The first kappa shape index (κ1) is 29.1. The van der Waals surface area contributed by atoms with Crippen LogP contribution in [0.2, 0.25) is 5.54 Å². The van der Waals surface area contributed by atoms with Crippen LogP contribution in [0.3, 0.4) is 0 Å². The Morgan fingerprint density at radius 1 is 1.00 bits per heavy atom. The van der Waals surface area contributed by atoms with Crippen LogP contribution in [-0.4, -0.2) is 56.5 Å². The van der Waals surface area contributed by atoms with E-state index in [9.17, 15) is 10.0 Å². The number of carbonyl (C=O) groups excluding carboxylic acids is 1. The molecular weight excluding hydrogens is 426 g/mol. The van der Waals surface area contributed by atoms with Crippen molar-refractivity contribution in [3.63, 3.8) is 0 Å². The molecule has 2 atom stereocenters. The van der Waals surface area contributed by atoms with E-state index in [0.29, 0.717) is 18.9 Å². The van der Waals surface area contributed by atoms with Gasteiger partial charge in [0.2, 0.25) is 0 Å². The summed E-state index contributed by atoms with van der Waals surface area (Å²) in [5.74, 6) is 0.901. The Balaban J connectivity index is 2.00. The third-order valence-corrected chi connectivity index (χ3v) is 9.14. The lowest BCUT2D eigenvalue weighted by atomic mass is 10.1. The minimum absolute atomic E-state index is 0.186. The molecule has 1 heterocycles. The summed E-state index contributed by atoms with van der Waals surface area (Å²) in [7, 11) is -0.618. The van der Waals surface area contributed by atoms with Crippen molar-refractivity contribution in [2.24, 2.45) is 0 Å². The summed E-state index contributed by atoms with van der Waals surface area (Å²) in [5.41, 5.74) is 0.608. The summed E-state index contributed by atoms with van der Waals surface area (Å²) in [4.78, 5) is 11.1. The zero-order chi connectivity index (χ0) is 22.6. The topological polar surface area (TPSA) is 59.0 Å². The molecule has 0 aliphatic carbocycles. The Morgan fingerprint density at radius 3 is 2.35 bits per heavy atom. The largest absolute Gasteiger partial charge is 0.355 e. The van der Waals surface area contributed by atoms with E-state index in [1.165, 1.54) is 69.5 Å². The van der Waals surface area contributed by atoms with Crippen LogP contribution in [0.25, 0.3) is 0 Å². The highest BCUT2D eigenvalue weighted by Gasteiger charge is 2.21. The molecule has 5 nitrogen and oxygen atoms in total. The molecule has 0 spiro atoms. The van der Waals surface area contributed by atoms with Crippen molar-refractivity contribution in [3.8, 4) is 0 Å². The fraction of sp³-hybridized carbons (Fsp3) is 0.958. The lowest BCUT2D eigenvalue weighted by molar-refractivity contribution is -0.109. The number of ether oxygens (including phenoxy) is 2. The molecule has 0 amide bonds. The van der Waals surface area contributed by atoms with Crippen LogP contribution in [0.15, 0.2) is 0 Å². The smallest absolute Gasteiger partial charge is 0.185 e. The van der Waals surface area contributed by atoms with Crippen LogP contribution >= 0.6 is 11.8 Å². The molecule has 1 fully saturated rings. The highest BCUT2D eigenvalue weighted by Crippen LogP contribution is 2.26. The average molecular weight is 476 g/mol. The SMILES string of the molecule is CCCCCCCCCCCCOCOC1CCC(CCCSC(C)=O)[SiH2]N(O)CC1. The normalized spacial score (nSPS) is 21.3. The number of hydrogen-bond donors (Lipinski definition) is 1. The quantitative estimate of drug-likeness (QED) is 0.147. The zero-order valence-electron chi connectivity index (χ0n) is 20.3. The highest BCUT2D eigenvalue weighted by atomic mass is 32.2. The molecule has 0 aromatic rings. The number of carbonyl (C=O) groups is 1. The number of nitrogens with zero attached hydrogens (tertiary/aromatic N) is 1. The van der Waals surface area contributed by atoms with Gasteiger partial charge in [0.25, 0.3) is 0 Å². The van der Waals surface area contributed by atoms with Gasteiger partial charge in [-0.25, -0.2) is 4.73 Å². The summed E-state index contributed by atoms with van der Waals surface area (Å²) in [6.07, 6.45) is 18.8. The van der Waals surface area contributed by atoms with Crippen molar-refractivity contribution < 1.29 is 19.5 Å². The first-order valence-electron chi connectivity index (χ1n) is 12.9. The second-order valence-electron chi connectivity index (χ2n) is 9.12. The van der Waals surface area contributed by atoms with Crippen LogP contribution in [-0.2, 0) is 14.3 Å². The molecule has 1 saturated heterocycles. The van der Waals surface area contributed by atoms with Gasteiger partial charge in [0, 0.05) is 25.8 Å². The van der Waals surface area contributed by atoms with Gasteiger partial charge in [-0.05, 0) is 37.6 Å². The fourth-order valence-electron chi connectivity index (χ4n) is 4.22. The molecule has 1 aliphatic rings. The maximum absolute atomic E-state index is 11.1. The van der Waals surface area contributed by atoms with Gasteiger partial charge in [-0.2, -0.15) is 0 Å². The number of hydroxylamine groups is 1. The molecule has 184 valence electrons. The second kappa shape index (κ2) is 20.7. The molecular formula is C24H49NO4SSi. The molecule has 1 aliphatic heterocycles. The van der Waals surface area contributed by atoms with Crippen LogP contribution in [0.5, 0.6) is 0 Å². The van der Waals surface area contributed by atoms with E-state index in [-0.39, 0.29) is 11.2 Å². The molecule has 0 bridgehead atoms. The van der Waals surface area contributed by atoms with Gasteiger partial charge in [0.15, 0.2) is 5.12 Å². The van der Waals surface area contributed by atoms with Crippen LogP contribution in [0.1, 0.15) is 110 Å². The molecule has 0 radical (unpaired) electrons. The van der Waals surface area contributed by atoms with Crippen molar-refractivity contribution >= 4 is 26.6 Å². The minimum Gasteiger partial charge on any atom is -0.355 e. The Kier molecular flexibility index (Phi) is 19.4. The van der Waals surface area contributed by atoms with Crippen molar-refractivity contribution in [2.75, 3.05) is 25.7 Å². The molecule has 1 N–H and O–H groups in total. The third kappa shape index (κ3) is 18.2. The van der Waals surface area contributed by atoms with Crippen molar-refractivity contribution in [3.05, 3.63) is 0 Å². The van der Waals surface area contributed by atoms with Gasteiger partial charge in [0.05, 0.1) is 6.10 Å². The zero-order valence-corrected chi connectivity index (χ0v) is 22.6. The maximum Gasteiger partial charge on any atom is 0.185 e. The van der Waals surface area contributed by atoms with Crippen molar-refractivity contribution in [1.29, 1.82) is 0 Å². The van der Waals surface area contributed by atoms with Gasteiger partial charge >= 0.3 is 0 Å². The molecule has 2 unspecified atom stereocenters. The van der Waals surface area contributed by atoms with Crippen LogP contribution < -0.4 is 0 Å². The fourth-order valence-corrected chi connectivity index (χ4v) is 6.67. The number of rotatable bonds is 18. The van der Waals surface area contributed by atoms with Crippen LogP contribution in [0.4, 0.5) is 0 Å². The Labute approximate surface area is 198 Å². The first-order valence-corrected chi connectivity index (χ1v) is 15.3. The molecule has 7 heteroatoms. The Bertz CT molecular complexity index is 430. The monoisotopic (exact) mass is 475 g/mol. The van der Waals surface area contributed by atoms with E-state index >= 15 is 0 Å². The van der Waals surface area contributed by atoms with E-state index < -0.39 is 9.68 Å². The Hall–Kier alpha value is 0.0769. The van der Waals surface area contributed by atoms with Gasteiger partial charge < -0.3 is 14.7 Å². The summed E-state index contributed by atoms with van der Waals surface area (Å²) in [6, 6.07) is 0. The third-order valence-electron chi connectivity index (χ3n) is 6.17. The van der Waals surface area contributed by atoms with E-state index in [1.807, 2.05) is 0 Å². The summed E-state index contributed by atoms with van der Waals surface area (Å²) in [6.45, 7) is 5.79. The van der Waals surface area contributed by atoms with Crippen molar-refractivity contribution in [2.45, 2.75) is 122 Å². The standard InChI is InChI=1S/C24H49NO4SSi/c1-3-4-5-6-7-8-9-10-11-12-19-28-21-29-23-15-16-24(31-25(27)18-17-23)14-13-20-30-22(2)26/h23-24,27H,3-21,31H2,1-2H3. The van der Waals surface area contributed by atoms with Gasteiger partial charge in [0.1, 0.15) is 16.5 Å². The Morgan fingerprint density at radius 2 is 1.68 bits per heavy atom. The van der Waals surface area contributed by atoms with E-state index in [0.717, 1.165) is 50.9 Å². The predicted molar refractivity (Wildman–Crippen MR) is 135 cm³/mol. The summed E-state index contributed by atoms with van der Waals surface area (Å²) < 4.78 is 13.3. The van der Waals surface area contributed by atoms with E-state index in [2.05, 4.69) is 6.92 Å². The average Bonchev–Trinajstić information content (AvgIpc) is 2.73. The number of hydrogen-bond acceptors (Lipinski definition) is 6. The van der Waals surface area contributed by atoms with Crippen LogP contribution in [0, 0.1) is 0 Å². The summed E-state index contributed by atoms with van der Waals surface area (Å²) in [5, 5.41) is 10.4. The number of thioether (sulfide) groups is 1. The van der Waals surface area contributed by atoms with Crippen molar-refractivity contribution in [1.82, 2.24) is 4.73 Å². The lowest BCUT2D eigenvalue weighted by Crippen LogP contribution is -2.34. The van der Waals surface area contributed by atoms with Gasteiger partial charge in [-0.3, -0.25) is 4.79 Å². The highest BCUT2D eigenvalue weighted by molar-refractivity contribution is 8.13. The second-order valence-corrected chi connectivity index (χ2v) is 12.6. The minimum atomic E-state index is -0.618.